The number of fused-ring (bicyclic) bond motifs is 1. The molecule has 31 heavy (non-hydrogen) atoms. The number of nitrogens with one attached hydrogen (secondary N) is 2. The van der Waals surface area contributed by atoms with Gasteiger partial charge >= 0.3 is 11.7 Å². The number of β-lactam (4-membered cyclic amide) rings is 1. The van der Waals surface area contributed by atoms with Gasteiger partial charge < -0.3 is 15.4 Å². The van der Waals surface area contributed by atoms with Crippen molar-refractivity contribution in [3.05, 3.63) is 69.9 Å². The van der Waals surface area contributed by atoms with Crippen molar-refractivity contribution in [3.63, 3.8) is 0 Å². The molecule has 1 aromatic carbocycles. The molecule has 3 N–H and O–H groups in total. The number of carboxylic acids is 1. The van der Waals surface area contributed by atoms with E-state index >= 15 is 0 Å². The van der Waals surface area contributed by atoms with Crippen molar-refractivity contribution >= 4 is 41.3 Å². The van der Waals surface area contributed by atoms with E-state index in [-0.39, 0.29) is 18.0 Å². The number of benzene rings is 1. The molecule has 2 atom stereocenters. The number of hydrogen-bond acceptors (Lipinski definition) is 7. The summed E-state index contributed by atoms with van der Waals surface area (Å²) in [6.07, 6.45) is 1.52. The third kappa shape index (κ3) is 4.52. The summed E-state index contributed by atoms with van der Waals surface area (Å²) in [5.41, 5.74) is 0.882. The van der Waals surface area contributed by atoms with Crippen LogP contribution >= 0.6 is 23.5 Å². The fourth-order valence-electron chi connectivity index (χ4n) is 3.40. The van der Waals surface area contributed by atoms with E-state index < -0.39 is 29.0 Å². The maximum atomic E-state index is 12.7. The van der Waals surface area contributed by atoms with Gasteiger partial charge in [-0.05, 0) is 17.2 Å². The van der Waals surface area contributed by atoms with Crippen LogP contribution in [0.15, 0.2) is 63.7 Å². The number of thioether (sulfide) groups is 2. The second-order valence-electron chi connectivity index (χ2n) is 6.90. The Bertz CT molecular complexity index is 1120. The first-order valence-electron chi connectivity index (χ1n) is 9.35. The lowest BCUT2D eigenvalue weighted by Gasteiger charge is -2.49. The number of rotatable bonds is 7. The molecule has 0 radical (unpaired) electrons. The molecule has 160 valence electrons. The Kier molecular flexibility index (Phi) is 6.14. The smallest absolute Gasteiger partial charge is 0.352 e. The Morgan fingerprint density at radius 3 is 2.74 bits per heavy atom. The van der Waals surface area contributed by atoms with Gasteiger partial charge in [0, 0.05) is 17.7 Å². The number of aromatic nitrogens is 2. The number of hydrogen-bond donors (Lipinski definition) is 3. The van der Waals surface area contributed by atoms with E-state index in [1.54, 1.807) is 6.07 Å². The Morgan fingerprint density at radius 2 is 2.03 bits per heavy atom. The van der Waals surface area contributed by atoms with Gasteiger partial charge in [-0.25, -0.2) is 14.6 Å². The molecule has 11 heteroatoms. The monoisotopic (exact) mass is 458 g/mol. The highest BCUT2D eigenvalue weighted by Gasteiger charge is 2.54. The first-order valence-corrected chi connectivity index (χ1v) is 11.4. The largest absolute Gasteiger partial charge is 0.477 e. The van der Waals surface area contributed by atoms with E-state index in [1.165, 1.54) is 34.6 Å². The summed E-state index contributed by atoms with van der Waals surface area (Å²) in [6, 6.07) is 10.1. The molecule has 9 nitrogen and oxygen atoms in total. The van der Waals surface area contributed by atoms with Gasteiger partial charge in [0.15, 0.2) is 0 Å². The van der Waals surface area contributed by atoms with E-state index in [4.69, 9.17) is 0 Å². The highest BCUT2D eigenvalue weighted by atomic mass is 32.2. The van der Waals surface area contributed by atoms with E-state index in [9.17, 15) is 24.3 Å². The molecule has 1 fully saturated rings. The number of carboxylic acid groups (broad SMARTS) is 1. The van der Waals surface area contributed by atoms with Crippen LogP contribution in [-0.4, -0.2) is 60.7 Å². The van der Waals surface area contributed by atoms with E-state index in [1.807, 2.05) is 30.3 Å². The minimum atomic E-state index is -1.19. The normalized spacial score (nSPS) is 20.1. The van der Waals surface area contributed by atoms with Crippen molar-refractivity contribution < 1.29 is 19.5 Å². The zero-order valence-electron chi connectivity index (χ0n) is 16.1. The second kappa shape index (κ2) is 8.98. The van der Waals surface area contributed by atoms with Crippen molar-refractivity contribution in [1.82, 2.24) is 20.2 Å². The van der Waals surface area contributed by atoms with Gasteiger partial charge in [0.1, 0.15) is 17.1 Å². The van der Waals surface area contributed by atoms with Crippen LogP contribution in [0.5, 0.6) is 0 Å². The van der Waals surface area contributed by atoms with E-state index in [0.29, 0.717) is 22.1 Å². The molecule has 2 amide bonds. The maximum absolute atomic E-state index is 12.7. The molecular weight excluding hydrogens is 440 g/mol. The minimum Gasteiger partial charge on any atom is -0.477 e. The van der Waals surface area contributed by atoms with Crippen molar-refractivity contribution in [1.29, 1.82) is 0 Å². The van der Waals surface area contributed by atoms with E-state index in [0.717, 1.165) is 5.56 Å². The molecule has 2 aliphatic rings. The van der Waals surface area contributed by atoms with Gasteiger partial charge in [0.25, 0.3) is 5.91 Å². The number of carbonyl (C=O) groups excluding carboxylic acids is 2. The van der Waals surface area contributed by atoms with E-state index in [2.05, 4.69) is 15.3 Å². The fourth-order valence-corrected chi connectivity index (χ4v) is 5.76. The summed E-state index contributed by atoms with van der Waals surface area (Å²) in [7, 11) is 0. The molecule has 1 aromatic heterocycles. The van der Waals surface area contributed by atoms with Crippen LogP contribution in [0.2, 0.25) is 0 Å². The molecule has 2 aliphatic heterocycles. The maximum Gasteiger partial charge on any atom is 0.352 e. The summed E-state index contributed by atoms with van der Waals surface area (Å²) < 4.78 is 0. The molecule has 4 rings (SSSR count). The van der Waals surface area contributed by atoms with Gasteiger partial charge in [0.2, 0.25) is 5.91 Å². The predicted molar refractivity (Wildman–Crippen MR) is 115 cm³/mol. The quantitative estimate of drug-likeness (QED) is 0.316. The Morgan fingerprint density at radius 1 is 1.26 bits per heavy atom. The highest BCUT2D eigenvalue weighted by molar-refractivity contribution is 8.01. The zero-order valence-corrected chi connectivity index (χ0v) is 17.7. The van der Waals surface area contributed by atoms with Crippen LogP contribution in [0.4, 0.5) is 0 Å². The van der Waals surface area contributed by atoms with Crippen molar-refractivity contribution in [2.45, 2.75) is 22.9 Å². The van der Waals surface area contributed by atoms with Crippen molar-refractivity contribution in [2.24, 2.45) is 0 Å². The van der Waals surface area contributed by atoms with Crippen LogP contribution < -0.4 is 11.0 Å². The average molecular weight is 459 g/mol. The first kappa shape index (κ1) is 21.2. The summed E-state index contributed by atoms with van der Waals surface area (Å²) in [5, 5.41) is 12.6. The molecule has 0 spiro atoms. The molecule has 1 saturated heterocycles. The number of amides is 2. The SMILES string of the molecule is O=C(Cc1ccccc1)NC1C(=O)N2C(C(=O)O)=C(CSc3ccnc(=O)[nH]3)CS[C@@H]12. The highest BCUT2D eigenvalue weighted by Crippen LogP contribution is 2.41. The minimum absolute atomic E-state index is 0.0498. The van der Waals surface area contributed by atoms with Crippen LogP contribution in [0.1, 0.15) is 5.56 Å². The lowest BCUT2D eigenvalue weighted by atomic mass is 10.0. The molecule has 0 bridgehead atoms. The fraction of sp³-hybridized carbons (Fsp3) is 0.250. The summed E-state index contributed by atoms with van der Waals surface area (Å²) >= 11 is 2.68. The third-order valence-electron chi connectivity index (χ3n) is 4.82. The standard InChI is InChI=1S/C20H18N4O5S2/c25-13(8-11-4-2-1-3-5-11)22-15-17(26)24-16(19(27)28)12(10-31-18(15)24)9-30-14-6-7-21-20(29)23-14/h1-7,15,18H,8-10H2,(H,22,25)(H,27,28)(H,21,23,29)/t15?,18-/m0/s1. The van der Waals surface area contributed by atoms with Gasteiger partial charge in [-0.3, -0.25) is 14.5 Å². The molecule has 2 aromatic rings. The van der Waals surface area contributed by atoms with Crippen LogP contribution in [-0.2, 0) is 20.8 Å². The summed E-state index contributed by atoms with van der Waals surface area (Å²) in [6.45, 7) is 0. The first-order chi connectivity index (χ1) is 14.9. The Labute approximate surface area is 185 Å². The molecule has 3 heterocycles. The lowest BCUT2D eigenvalue weighted by Crippen LogP contribution is -2.70. The van der Waals surface area contributed by atoms with Crippen molar-refractivity contribution in [2.75, 3.05) is 11.5 Å². The number of H-pyrrole nitrogens is 1. The molecule has 0 saturated carbocycles. The van der Waals surface area contributed by atoms with Crippen LogP contribution in [0, 0.1) is 0 Å². The molecular formula is C20H18N4O5S2. The van der Waals surface area contributed by atoms with Gasteiger partial charge in [-0.15, -0.1) is 23.5 Å². The zero-order chi connectivity index (χ0) is 22.0. The number of aromatic amines is 1. The Hall–Kier alpha value is -3.05. The molecule has 0 aliphatic carbocycles. The second-order valence-corrected chi connectivity index (χ2v) is 9.02. The average Bonchev–Trinajstić information content (AvgIpc) is 2.76. The Balaban J connectivity index is 1.44. The lowest BCUT2D eigenvalue weighted by molar-refractivity contribution is -0.150. The predicted octanol–water partition coefficient (Wildman–Crippen LogP) is 0.843. The molecule has 1 unspecified atom stereocenters. The third-order valence-corrected chi connectivity index (χ3v) is 7.21. The van der Waals surface area contributed by atoms with Crippen LogP contribution in [0.3, 0.4) is 0 Å². The number of carbonyl (C=O) groups is 3. The summed E-state index contributed by atoms with van der Waals surface area (Å²) in [5.74, 6) is -1.20. The number of aliphatic carboxylic acids is 1. The van der Waals surface area contributed by atoms with Gasteiger partial charge in [0.05, 0.1) is 11.4 Å². The van der Waals surface area contributed by atoms with Crippen molar-refractivity contribution in [3.8, 4) is 0 Å². The topological polar surface area (TPSA) is 132 Å². The number of nitrogens with zero attached hydrogens (tertiary/aromatic N) is 2. The van der Waals surface area contributed by atoms with Crippen LogP contribution in [0.25, 0.3) is 0 Å². The summed E-state index contributed by atoms with van der Waals surface area (Å²) in [4.78, 5) is 55.7. The van der Waals surface area contributed by atoms with Gasteiger partial charge in [-0.2, -0.15) is 0 Å². The van der Waals surface area contributed by atoms with Gasteiger partial charge in [-0.1, -0.05) is 30.3 Å².